The second-order valence-corrected chi connectivity index (χ2v) is 3.49. The van der Waals surface area contributed by atoms with E-state index in [9.17, 15) is 18.0 Å². The summed E-state index contributed by atoms with van der Waals surface area (Å²) in [6.45, 7) is -0.270. The number of hydrogen-bond donors (Lipinski definition) is 3. The summed E-state index contributed by atoms with van der Waals surface area (Å²) in [4.78, 5) is 11.0. The quantitative estimate of drug-likeness (QED) is 0.741. The van der Waals surface area contributed by atoms with Gasteiger partial charge in [0.05, 0.1) is 6.61 Å². The first kappa shape index (κ1) is 12.6. The molecule has 3 N–H and O–H groups in total. The van der Waals surface area contributed by atoms with Crippen LogP contribution in [0.1, 0.15) is 5.01 Å². The largest absolute Gasteiger partial charge is 0.445 e. The fourth-order valence-electron chi connectivity index (χ4n) is 0.699. The molecule has 1 aromatic rings. The highest BCUT2D eigenvalue weighted by atomic mass is 32.1. The molecule has 1 rings (SSSR count). The molecule has 0 unspecified atom stereocenters. The van der Waals surface area contributed by atoms with Gasteiger partial charge < -0.3 is 10.4 Å². The highest BCUT2D eigenvalue weighted by Gasteiger charge is 2.35. The molecule has 0 aromatic carbocycles. The molecule has 0 aliphatic carbocycles. The van der Waals surface area contributed by atoms with E-state index in [1.165, 1.54) is 0 Å². The van der Waals surface area contributed by atoms with Crippen LogP contribution in [0.5, 0.6) is 0 Å². The Bertz CT molecular complexity index is 367. The van der Waals surface area contributed by atoms with Crippen molar-refractivity contribution in [2.24, 2.45) is 0 Å². The van der Waals surface area contributed by atoms with Crippen LogP contribution in [0, 0.1) is 0 Å². The molecule has 0 aliphatic rings. The summed E-state index contributed by atoms with van der Waals surface area (Å²) in [6.07, 6.45) is -4.57. The van der Waals surface area contributed by atoms with E-state index in [4.69, 9.17) is 5.11 Å². The van der Waals surface area contributed by atoms with E-state index < -0.39 is 17.2 Å². The first-order chi connectivity index (χ1) is 7.43. The van der Waals surface area contributed by atoms with Crippen LogP contribution in [0.15, 0.2) is 0 Å². The van der Waals surface area contributed by atoms with Crippen molar-refractivity contribution in [3.05, 3.63) is 5.01 Å². The second kappa shape index (κ2) is 5.07. The molecule has 0 saturated heterocycles. The maximum absolute atomic E-state index is 12.1. The van der Waals surface area contributed by atoms with E-state index in [1.54, 1.807) is 0 Å². The number of aliphatic hydroxyl groups excluding tert-OH is 1. The van der Waals surface area contributed by atoms with E-state index in [2.05, 4.69) is 20.8 Å². The van der Waals surface area contributed by atoms with Crippen molar-refractivity contribution in [2.75, 3.05) is 18.5 Å². The first-order valence-corrected chi connectivity index (χ1v) is 4.81. The molecule has 0 atom stereocenters. The van der Waals surface area contributed by atoms with Crippen molar-refractivity contribution in [1.29, 1.82) is 0 Å². The third-order valence-corrected chi connectivity index (χ3v) is 2.17. The molecule has 2 amide bonds. The Labute approximate surface area is 91.5 Å². The van der Waals surface area contributed by atoms with Gasteiger partial charge in [-0.2, -0.15) is 13.2 Å². The predicted molar refractivity (Wildman–Crippen MR) is 49.0 cm³/mol. The smallest absolute Gasteiger partial charge is 0.395 e. The van der Waals surface area contributed by atoms with Crippen LogP contribution in [0.25, 0.3) is 0 Å². The minimum atomic E-state index is -4.57. The molecule has 90 valence electrons. The Balaban J connectivity index is 2.56. The lowest BCUT2D eigenvalue weighted by molar-refractivity contribution is -0.138. The molecule has 1 heterocycles. The van der Waals surface area contributed by atoms with E-state index in [-0.39, 0.29) is 29.6 Å². The molecule has 0 aliphatic heterocycles. The Kier molecular flexibility index (Phi) is 4.01. The number of halogens is 3. The third kappa shape index (κ3) is 3.62. The zero-order valence-corrected chi connectivity index (χ0v) is 8.52. The standard InChI is InChI=1S/C6H7F3N4O2S/c7-6(8,9)3-12-13-5(16-3)11-4(15)10-1-2-14/h14H,1-2H2,(H2,10,11,13,15). The fraction of sp³-hybridized carbons (Fsp3) is 0.500. The minimum absolute atomic E-state index is 0.00321. The van der Waals surface area contributed by atoms with Crippen molar-refractivity contribution in [3.8, 4) is 0 Å². The molecule has 0 fully saturated rings. The van der Waals surface area contributed by atoms with Gasteiger partial charge in [0.2, 0.25) is 10.1 Å². The number of carbonyl (C=O) groups is 1. The van der Waals surface area contributed by atoms with Gasteiger partial charge in [-0.1, -0.05) is 11.3 Å². The predicted octanol–water partition coefficient (Wildman–Crippen LogP) is 0.671. The Morgan fingerprint density at radius 2 is 2.12 bits per heavy atom. The molecule has 6 nitrogen and oxygen atoms in total. The van der Waals surface area contributed by atoms with Crippen molar-refractivity contribution in [1.82, 2.24) is 15.5 Å². The molecule has 0 radical (unpaired) electrons. The summed E-state index contributed by atoms with van der Waals surface area (Å²) in [6, 6.07) is -0.751. The van der Waals surface area contributed by atoms with Crippen molar-refractivity contribution in [3.63, 3.8) is 0 Å². The van der Waals surface area contributed by atoms with Crippen LogP contribution >= 0.6 is 11.3 Å². The minimum Gasteiger partial charge on any atom is -0.395 e. The summed E-state index contributed by atoms with van der Waals surface area (Å²) in [5.74, 6) is 0. The lowest BCUT2D eigenvalue weighted by Crippen LogP contribution is -2.30. The van der Waals surface area contributed by atoms with Gasteiger partial charge in [-0.15, -0.1) is 10.2 Å². The highest BCUT2D eigenvalue weighted by molar-refractivity contribution is 7.15. The lowest BCUT2D eigenvalue weighted by Gasteiger charge is -2.01. The van der Waals surface area contributed by atoms with Gasteiger partial charge in [-0.3, -0.25) is 5.32 Å². The monoisotopic (exact) mass is 256 g/mol. The number of alkyl halides is 3. The molecular weight excluding hydrogens is 249 g/mol. The van der Waals surface area contributed by atoms with E-state index in [0.717, 1.165) is 0 Å². The Morgan fingerprint density at radius 1 is 1.44 bits per heavy atom. The first-order valence-electron chi connectivity index (χ1n) is 4.00. The van der Waals surface area contributed by atoms with Gasteiger partial charge in [-0.05, 0) is 0 Å². The number of amides is 2. The Morgan fingerprint density at radius 3 is 2.62 bits per heavy atom. The number of nitrogens with zero attached hydrogens (tertiary/aromatic N) is 2. The average molecular weight is 256 g/mol. The summed E-state index contributed by atoms with van der Waals surface area (Å²) in [7, 11) is 0. The molecule has 0 bridgehead atoms. The Hall–Kier alpha value is -1.42. The molecule has 0 saturated carbocycles. The van der Waals surface area contributed by atoms with Crippen molar-refractivity contribution >= 4 is 22.5 Å². The number of urea groups is 1. The van der Waals surface area contributed by atoms with Gasteiger partial charge in [-0.25, -0.2) is 4.79 Å². The van der Waals surface area contributed by atoms with E-state index in [0.29, 0.717) is 0 Å². The fourth-order valence-corrected chi connectivity index (χ4v) is 1.30. The maximum Gasteiger partial charge on any atom is 0.445 e. The van der Waals surface area contributed by atoms with Crippen molar-refractivity contribution in [2.45, 2.75) is 6.18 Å². The number of aromatic nitrogens is 2. The van der Waals surface area contributed by atoms with Gasteiger partial charge in [0.25, 0.3) is 0 Å². The van der Waals surface area contributed by atoms with Crippen LogP contribution in [0.4, 0.5) is 23.1 Å². The van der Waals surface area contributed by atoms with Crippen LogP contribution < -0.4 is 10.6 Å². The van der Waals surface area contributed by atoms with Crippen LogP contribution in [0.3, 0.4) is 0 Å². The summed E-state index contributed by atoms with van der Waals surface area (Å²) in [5, 5.41) is 17.2. The number of carbonyl (C=O) groups excluding carboxylic acids is 1. The molecule has 10 heteroatoms. The number of anilines is 1. The van der Waals surface area contributed by atoms with E-state index in [1.807, 2.05) is 0 Å². The van der Waals surface area contributed by atoms with Crippen molar-refractivity contribution < 1.29 is 23.1 Å². The second-order valence-electron chi connectivity index (χ2n) is 2.51. The topological polar surface area (TPSA) is 87.1 Å². The summed E-state index contributed by atoms with van der Waals surface area (Å²) in [5.41, 5.74) is 0. The van der Waals surface area contributed by atoms with Gasteiger partial charge in [0, 0.05) is 6.54 Å². The van der Waals surface area contributed by atoms with Gasteiger partial charge >= 0.3 is 12.2 Å². The molecule has 0 spiro atoms. The lowest BCUT2D eigenvalue weighted by atomic mass is 10.7. The molecule has 1 aromatic heterocycles. The third-order valence-electron chi connectivity index (χ3n) is 1.29. The number of aliphatic hydroxyl groups is 1. The SMILES string of the molecule is O=C(NCCO)Nc1nnc(C(F)(F)F)s1. The van der Waals surface area contributed by atoms with Gasteiger partial charge in [0.15, 0.2) is 0 Å². The van der Waals surface area contributed by atoms with Crippen LogP contribution in [-0.4, -0.2) is 34.5 Å². The summed E-state index contributed by atoms with van der Waals surface area (Å²) >= 11 is 0.220. The summed E-state index contributed by atoms with van der Waals surface area (Å²) < 4.78 is 36.3. The normalized spacial score (nSPS) is 11.2. The van der Waals surface area contributed by atoms with Crippen LogP contribution in [-0.2, 0) is 6.18 Å². The van der Waals surface area contributed by atoms with Gasteiger partial charge in [0.1, 0.15) is 0 Å². The zero-order valence-electron chi connectivity index (χ0n) is 7.71. The highest BCUT2D eigenvalue weighted by Crippen LogP contribution is 2.32. The van der Waals surface area contributed by atoms with E-state index >= 15 is 0 Å². The van der Waals surface area contributed by atoms with Crippen LogP contribution in [0.2, 0.25) is 0 Å². The maximum atomic E-state index is 12.1. The average Bonchev–Trinajstić information content (AvgIpc) is 2.62. The molecule has 16 heavy (non-hydrogen) atoms. The number of nitrogens with one attached hydrogen (secondary N) is 2. The number of hydrogen-bond acceptors (Lipinski definition) is 5. The molecular formula is C6H7F3N4O2S. The zero-order chi connectivity index (χ0) is 12.2. The number of rotatable bonds is 3.